The molecule has 0 unspecified atom stereocenters. The van der Waals surface area contributed by atoms with E-state index < -0.39 is 35.4 Å². The van der Waals surface area contributed by atoms with Crippen molar-refractivity contribution in [2.45, 2.75) is 37.1 Å². The van der Waals surface area contributed by atoms with Crippen LogP contribution in [0.4, 0.5) is 13.2 Å². The van der Waals surface area contributed by atoms with E-state index in [2.05, 4.69) is 0 Å². The van der Waals surface area contributed by atoms with Crippen LogP contribution in [0.2, 0.25) is 0 Å². The summed E-state index contributed by atoms with van der Waals surface area (Å²) >= 11 is 1.39. The Morgan fingerprint density at radius 2 is 1.90 bits per heavy atom. The van der Waals surface area contributed by atoms with Crippen molar-refractivity contribution in [3.05, 3.63) is 82.8 Å². The van der Waals surface area contributed by atoms with Gasteiger partial charge in [0.05, 0.1) is 11.7 Å². The highest BCUT2D eigenvalue weighted by molar-refractivity contribution is 8.00. The molecule has 1 aromatic carbocycles. The molecule has 0 aliphatic carbocycles. The number of allylic oxidation sites excluding steroid dienone is 1. The van der Waals surface area contributed by atoms with E-state index in [1.165, 1.54) is 16.7 Å². The molecule has 4 N–H and O–H groups in total. The van der Waals surface area contributed by atoms with Crippen LogP contribution in [0.5, 0.6) is 5.75 Å². The van der Waals surface area contributed by atoms with Crippen LogP contribution in [0, 0.1) is 0 Å². The normalized spacial score (nSPS) is 21.1. The molecule has 15 heteroatoms. The van der Waals surface area contributed by atoms with Gasteiger partial charge < -0.3 is 30.7 Å². The fourth-order valence-corrected chi connectivity index (χ4v) is 5.91. The number of pyridine rings is 1. The number of aromatic hydroxyl groups is 1. The molecule has 222 valence electrons. The molecule has 2 aromatic rings. The molecule has 3 aliphatic heterocycles. The molecule has 2 saturated heterocycles. The first kappa shape index (κ1) is 30.6. The standard InChI is InChI=1S/C25H24N4O5S.C2HF3O2/c26-20-23(32)29-21(25(33)34)17(14-35-24(20)29)11-16-7-9-28(22(16)31)13-18-5-1-2-8-27(18)12-15-4-3-6-19(30)10-15;3-2(4,5)1(6)7/h1-6,8,10-11,20,24H,7,9,12-14,26H2,(H-,30,33,34);(H,6,7)/t20-,24-;/m1./s1. The lowest BCUT2D eigenvalue weighted by Crippen LogP contribution is -2.69. The molecule has 5 rings (SSSR count). The highest BCUT2D eigenvalue weighted by atomic mass is 32.2. The number of aliphatic carboxylic acids is 2. The molecule has 0 radical (unpaired) electrons. The zero-order valence-corrected chi connectivity index (χ0v) is 22.6. The molecule has 0 bridgehead atoms. The first-order chi connectivity index (χ1) is 19.8. The van der Waals surface area contributed by atoms with E-state index in [0.717, 1.165) is 11.3 Å². The van der Waals surface area contributed by atoms with Gasteiger partial charge in [0.2, 0.25) is 17.5 Å². The number of fused-ring (bicyclic) bond motifs is 1. The second-order valence-electron chi connectivity index (χ2n) is 9.54. The number of thioether (sulfide) groups is 1. The number of amides is 2. The van der Waals surface area contributed by atoms with Gasteiger partial charge in [-0.1, -0.05) is 18.2 Å². The van der Waals surface area contributed by atoms with Gasteiger partial charge in [-0.3, -0.25) is 14.5 Å². The van der Waals surface area contributed by atoms with Crippen LogP contribution in [0.1, 0.15) is 17.7 Å². The zero-order valence-electron chi connectivity index (χ0n) is 21.8. The van der Waals surface area contributed by atoms with Crippen LogP contribution < -0.4 is 15.4 Å². The number of nitrogens with two attached hydrogens (primary N) is 1. The SMILES string of the molecule is N[C@@H]1C(=O)N2C(C(=O)[O-])=C(C=C3CCN(Cc4cccc[n+]4Cc4cccc(O)c4)C3=O)CS[C@H]12.O=C(O)C(F)(F)F. The minimum atomic E-state index is -5.08. The van der Waals surface area contributed by atoms with Crippen molar-refractivity contribution >= 4 is 35.5 Å². The van der Waals surface area contributed by atoms with E-state index in [1.807, 2.05) is 35.0 Å². The lowest BCUT2D eigenvalue weighted by molar-refractivity contribution is -0.696. The van der Waals surface area contributed by atoms with Crippen molar-refractivity contribution in [1.29, 1.82) is 0 Å². The number of hydrogen-bond acceptors (Lipinski definition) is 8. The molecular weight excluding hydrogens is 581 g/mol. The molecule has 0 spiro atoms. The Kier molecular flexibility index (Phi) is 8.92. The summed E-state index contributed by atoms with van der Waals surface area (Å²) in [5.74, 6) is -4.28. The average Bonchev–Trinajstić information content (AvgIpc) is 3.27. The smallest absolute Gasteiger partial charge is 0.490 e. The summed E-state index contributed by atoms with van der Waals surface area (Å²) in [4.78, 5) is 48.9. The van der Waals surface area contributed by atoms with Gasteiger partial charge in [0.15, 0.2) is 12.7 Å². The molecule has 2 amide bonds. The maximum absolute atomic E-state index is 13.2. The van der Waals surface area contributed by atoms with Gasteiger partial charge in [0.25, 0.3) is 0 Å². The summed E-state index contributed by atoms with van der Waals surface area (Å²) in [5.41, 5.74) is 8.37. The number of phenolic OH excluding ortho intramolecular Hbond substituents is 1. The fraction of sp³-hybridized carbons (Fsp3) is 0.296. The van der Waals surface area contributed by atoms with E-state index in [-0.39, 0.29) is 17.4 Å². The van der Waals surface area contributed by atoms with Crippen molar-refractivity contribution < 1.29 is 52.2 Å². The molecule has 42 heavy (non-hydrogen) atoms. The lowest BCUT2D eigenvalue weighted by atomic mass is 10.0. The van der Waals surface area contributed by atoms with E-state index in [1.54, 1.807) is 29.2 Å². The van der Waals surface area contributed by atoms with Gasteiger partial charge in [-0.15, -0.1) is 11.8 Å². The van der Waals surface area contributed by atoms with Gasteiger partial charge in [-0.25, -0.2) is 4.79 Å². The Morgan fingerprint density at radius 1 is 1.19 bits per heavy atom. The Balaban J connectivity index is 0.000000517. The summed E-state index contributed by atoms with van der Waals surface area (Å²) in [6, 6.07) is 12.1. The van der Waals surface area contributed by atoms with E-state index in [4.69, 9.17) is 15.6 Å². The minimum absolute atomic E-state index is 0.165. The van der Waals surface area contributed by atoms with E-state index in [9.17, 15) is 37.8 Å². The quantitative estimate of drug-likeness (QED) is 0.237. The van der Waals surface area contributed by atoms with E-state index in [0.29, 0.717) is 43.0 Å². The predicted octanol–water partition coefficient (Wildman–Crippen LogP) is 0.266. The number of carbonyl (C=O) groups is 4. The number of hydrogen-bond donors (Lipinski definition) is 3. The summed E-state index contributed by atoms with van der Waals surface area (Å²) in [5, 5.41) is 28.3. The zero-order chi connectivity index (χ0) is 30.8. The molecule has 1 aromatic heterocycles. The van der Waals surface area contributed by atoms with Crippen LogP contribution >= 0.6 is 11.8 Å². The van der Waals surface area contributed by atoms with Gasteiger partial charge in [0.1, 0.15) is 23.7 Å². The van der Waals surface area contributed by atoms with Crippen LogP contribution in [-0.4, -0.2) is 73.7 Å². The highest BCUT2D eigenvalue weighted by Crippen LogP contribution is 2.40. The van der Waals surface area contributed by atoms with Crippen molar-refractivity contribution in [2.24, 2.45) is 5.73 Å². The summed E-state index contributed by atoms with van der Waals surface area (Å²) < 4.78 is 33.8. The number of benzene rings is 1. The molecule has 4 heterocycles. The third kappa shape index (κ3) is 6.57. The third-order valence-corrected chi connectivity index (χ3v) is 8.01. The summed E-state index contributed by atoms with van der Waals surface area (Å²) in [7, 11) is 0. The fourth-order valence-electron chi connectivity index (χ4n) is 4.66. The topological polar surface area (TPSA) is 168 Å². The number of halogens is 3. The van der Waals surface area contributed by atoms with Gasteiger partial charge >= 0.3 is 12.1 Å². The molecule has 11 nitrogen and oxygen atoms in total. The van der Waals surface area contributed by atoms with Crippen molar-refractivity contribution in [1.82, 2.24) is 9.80 Å². The molecule has 2 atom stereocenters. The molecule has 2 fully saturated rings. The molecule has 3 aliphatic rings. The number of nitrogens with zero attached hydrogens (tertiary/aromatic N) is 3. The predicted molar refractivity (Wildman–Crippen MR) is 139 cm³/mol. The first-order valence-corrected chi connectivity index (χ1v) is 13.5. The van der Waals surface area contributed by atoms with Gasteiger partial charge in [0, 0.05) is 35.6 Å². The highest BCUT2D eigenvalue weighted by Gasteiger charge is 2.50. The van der Waals surface area contributed by atoms with Crippen LogP contribution in [0.15, 0.2) is 71.6 Å². The monoisotopic (exact) mass is 606 g/mol. The number of carbonyl (C=O) groups excluding carboxylic acids is 3. The van der Waals surface area contributed by atoms with Crippen molar-refractivity contribution in [3.63, 3.8) is 0 Å². The maximum atomic E-state index is 13.2. The third-order valence-electron chi connectivity index (χ3n) is 6.69. The number of alkyl halides is 3. The first-order valence-electron chi connectivity index (χ1n) is 12.5. The molecule has 0 saturated carbocycles. The Labute approximate surface area is 241 Å². The Morgan fingerprint density at radius 3 is 2.55 bits per heavy atom. The van der Waals surface area contributed by atoms with Crippen molar-refractivity contribution in [3.8, 4) is 5.75 Å². The second-order valence-corrected chi connectivity index (χ2v) is 10.6. The largest absolute Gasteiger partial charge is 0.543 e. The van der Waals surface area contributed by atoms with Crippen molar-refractivity contribution in [2.75, 3.05) is 12.3 Å². The molecular formula is C27H25F3N4O7S. The average molecular weight is 607 g/mol. The minimum Gasteiger partial charge on any atom is -0.543 e. The number of β-lactam (4-membered cyclic amide) rings is 1. The summed E-state index contributed by atoms with van der Waals surface area (Å²) in [6.07, 6.45) is -1.08. The number of rotatable bonds is 6. The van der Waals surface area contributed by atoms with Crippen LogP contribution in [-0.2, 0) is 32.3 Å². The number of likely N-dealkylation sites (tertiary alicyclic amines) is 1. The number of aromatic nitrogens is 1. The van der Waals surface area contributed by atoms with Crippen LogP contribution in [0.25, 0.3) is 0 Å². The number of carboxylic acid groups (broad SMARTS) is 2. The summed E-state index contributed by atoms with van der Waals surface area (Å²) in [6.45, 7) is 1.43. The number of phenols is 1. The van der Waals surface area contributed by atoms with E-state index >= 15 is 0 Å². The lowest BCUT2D eigenvalue weighted by Gasteiger charge is -2.49. The van der Waals surface area contributed by atoms with Gasteiger partial charge in [-0.05, 0) is 30.2 Å². The van der Waals surface area contributed by atoms with Gasteiger partial charge in [-0.2, -0.15) is 17.7 Å². The maximum Gasteiger partial charge on any atom is 0.490 e. The number of carboxylic acids is 2. The Hall–Kier alpha value is -4.37. The Bertz CT molecular complexity index is 1490. The van der Waals surface area contributed by atoms with Crippen LogP contribution in [0.3, 0.4) is 0 Å². The second kappa shape index (κ2) is 12.2.